The minimum Gasteiger partial charge on any atom is -0.310 e. The summed E-state index contributed by atoms with van der Waals surface area (Å²) >= 11 is 0. The zero-order chi connectivity index (χ0) is 14.8. The van der Waals surface area contributed by atoms with E-state index in [1.54, 1.807) is 16.9 Å². The summed E-state index contributed by atoms with van der Waals surface area (Å²) in [5.74, 6) is 0.478. The van der Waals surface area contributed by atoms with Gasteiger partial charge in [-0.1, -0.05) is 26.0 Å². The van der Waals surface area contributed by atoms with Gasteiger partial charge in [-0.3, -0.25) is 9.48 Å². The molecule has 1 N–H and O–H groups in total. The summed E-state index contributed by atoms with van der Waals surface area (Å²) in [6, 6.07) is 3.64. The highest BCUT2D eigenvalue weighted by Gasteiger charge is 2.21. The average Bonchev–Trinajstić information content (AvgIpc) is 2.87. The largest absolute Gasteiger partial charge is 0.310 e. The van der Waals surface area contributed by atoms with E-state index in [1.807, 2.05) is 40.0 Å². The van der Waals surface area contributed by atoms with Crippen LogP contribution in [0.15, 0.2) is 24.5 Å². The van der Waals surface area contributed by atoms with Crippen LogP contribution in [0.4, 0.5) is 5.82 Å². The molecule has 0 saturated carbocycles. The average molecular weight is 273 g/mol. The summed E-state index contributed by atoms with van der Waals surface area (Å²) < 4.78 is 1.75. The van der Waals surface area contributed by atoms with Crippen LogP contribution in [0.1, 0.15) is 27.7 Å². The van der Waals surface area contributed by atoms with E-state index in [0.29, 0.717) is 5.82 Å². The van der Waals surface area contributed by atoms with Gasteiger partial charge in [0, 0.05) is 23.7 Å². The molecule has 0 fully saturated rings. The van der Waals surface area contributed by atoms with Crippen molar-refractivity contribution in [2.45, 2.75) is 34.2 Å². The van der Waals surface area contributed by atoms with E-state index in [9.17, 15) is 4.79 Å². The lowest BCUT2D eigenvalue weighted by molar-refractivity contribution is -0.123. The van der Waals surface area contributed by atoms with Crippen molar-refractivity contribution in [3.63, 3.8) is 0 Å². The SMILES string of the molecule is CCn1cc(-c2ccc(NC(=O)C(C)(C)C)nc2)nn1. The quantitative estimate of drug-likeness (QED) is 0.931. The number of hydrogen-bond acceptors (Lipinski definition) is 4. The predicted octanol–water partition coefficient (Wildman–Crippen LogP) is 2.34. The van der Waals surface area contributed by atoms with Crippen molar-refractivity contribution in [3.8, 4) is 11.3 Å². The van der Waals surface area contributed by atoms with Gasteiger partial charge in [0.1, 0.15) is 11.5 Å². The number of carbonyl (C=O) groups excluding carboxylic acids is 1. The molecule has 2 aromatic heterocycles. The molecule has 2 rings (SSSR count). The standard InChI is InChI=1S/C14H19N5O/c1-5-19-9-11(17-18-19)10-6-7-12(15-8-10)16-13(20)14(2,3)4/h6-9H,5H2,1-4H3,(H,15,16,20). The van der Waals surface area contributed by atoms with E-state index in [2.05, 4.69) is 20.6 Å². The van der Waals surface area contributed by atoms with E-state index in [-0.39, 0.29) is 5.91 Å². The van der Waals surface area contributed by atoms with Gasteiger partial charge in [-0.15, -0.1) is 5.10 Å². The number of aryl methyl sites for hydroxylation is 1. The highest BCUT2D eigenvalue weighted by molar-refractivity contribution is 5.93. The summed E-state index contributed by atoms with van der Waals surface area (Å²) in [6.07, 6.45) is 3.55. The van der Waals surface area contributed by atoms with Crippen LogP contribution in [0.3, 0.4) is 0 Å². The highest BCUT2D eigenvalue weighted by Crippen LogP contribution is 2.19. The van der Waals surface area contributed by atoms with Gasteiger partial charge in [-0.05, 0) is 19.1 Å². The van der Waals surface area contributed by atoms with Crippen molar-refractivity contribution in [3.05, 3.63) is 24.5 Å². The first kappa shape index (κ1) is 14.2. The van der Waals surface area contributed by atoms with Gasteiger partial charge in [-0.2, -0.15) is 0 Å². The van der Waals surface area contributed by atoms with Gasteiger partial charge in [-0.25, -0.2) is 4.98 Å². The second-order valence-corrected chi connectivity index (χ2v) is 5.60. The zero-order valence-corrected chi connectivity index (χ0v) is 12.2. The molecule has 2 aromatic rings. The lowest BCUT2D eigenvalue weighted by Gasteiger charge is -2.17. The molecule has 0 spiro atoms. The Kier molecular flexibility index (Phi) is 3.83. The molecular weight excluding hydrogens is 254 g/mol. The summed E-state index contributed by atoms with van der Waals surface area (Å²) in [5, 5.41) is 10.8. The third kappa shape index (κ3) is 3.20. The van der Waals surface area contributed by atoms with E-state index in [4.69, 9.17) is 0 Å². The lowest BCUT2D eigenvalue weighted by atomic mass is 9.96. The molecule has 0 aromatic carbocycles. The van der Waals surface area contributed by atoms with Crippen LogP contribution in [0.25, 0.3) is 11.3 Å². The number of rotatable bonds is 3. The molecule has 106 valence electrons. The van der Waals surface area contributed by atoms with Gasteiger partial charge in [0.15, 0.2) is 0 Å². The van der Waals surface area contributed by atoms with Gasteiger partial charge in [0.25, 0.3) is 0 Å². The number of carbonyl (C=O) groups is 1. The van der Waals surface area contributed by atoms with Crippen molar-refractivity contribution in [1.82, 2.24) is 20.0 Å². The smallest absolute Gasteiger partial charge is 0.230 e. The molecule has 0 saturated heterocycles. The monoisotopic (exact) mass is 273 g/mol. The highest BCUT2D eigenvalue weighted by atomic mass is 16.2. The van der Waals surface area contributed by atoms with Crippen molar-refractivity contribution in [1.29, 1.82) is 0 Å². The first-order valence-electron chi connectivity index (χ1n) is 6.58. The third-order valence-electron chi connectivity index (χ3n) is 2.84. The van der Waals surface area contributed by atoms with Crippen LogP contribution in [0.2, 0.25) is 0 Å². The molecule has 6 heteroatoms. The molecule has 1 amide bonds. The molecule has 0 bridgehead atoms. The molecule has 6 nitrogen and oxygen atoms in total. The van der Waals surface area contributed by atoms with Crippen LogP contribution in [-0.2, 0) is 11.3 Å². The summed E-state index contributed by atoms with van der Waals surface area (Å²) in [6.45, 7) is 8.36. The lowest BCUT2D eigenvalue weighted by Crippen LogP contribution is -2.27. The second kappa shape index (κ2) is 5.40. The topological polar surface area (TPSA) is 72.7 Å². The van der Waals surface area contributed by atoms with Crippen LogP contribution < -0.4 is 5.32 Å². The normalized spacial score (nSPS) is 11.4. The number of nitrogens with zero attached hydrogens (tertiary/aromatic N) is 4. The number of amides is 1. The molecule has 0 aliphatic heterocycles. The Morgan fingerprint density at radius 1 is 1.35 bits per heavy atom. The molecule has 0 atom stereocenters. The molecule has 0 radical (unpaired) electrons. The van der Waals surface area contributed by atoms with E-state index < -0.39 is 5.41 Å². The first-order valence-corrected chi connectivity index (χ1v) is 6.58. The maximum Gasteiger partial charge on any atom is 0.230 e. The Hall–Kier alpha value is -2.24. The van der Waals surface area contributed by atoms with E-state index in [1.165, 1.54) is 0 Å². The van der Waals surface area contributed by atoms with Crippen LogP contribution >= 0.6 is 0 Å². The van der Waals surface area contributed by atoms with Gasteiger partial charge >= 0.3 is 0 Å². The molecule has 0 aliphatic rings. The van der Waals surface area contributed by atoms with Crippen molar-refractivity contribution in [2.75, 3.05) is 5.32 Å². The predicted molar refractivity (Wildman–Crippen MR) is 77.0 cm³/mol. The first-order chi connectivity index (χ1) is 9.40. The van der Waals surface area contributed by atoms with E-state index in [0.717, 1.165) is 17.8 Å². The molecule has 2 heterocycles. The number of aromatic nitrogens is 4. The van der Waals surface area contributed by atoms with E-state index >= 15 is 0 Å². The summed E-state index contributed by atoms with van der Waals surface area (Å²) in [4.78, 5) is 16.1. The fraction of sp³-hybridized carbons (Fsp3) is 0.429. The minimum atomic E-state index is -0.440. The molecular formula is C14H19N5O. The Morgan fingerprint density at radius 2 is 2.10 bits per heavy atom. The zero-order valence-electron chi connectivity index (χ0n) is 12.2. The van der Waals surface area contributed by atoms with Gasteiger partial charge in [0.2, 0.25) is 5.91 Å². The second-order valence-electron chi connectivity index (χ2n) is 5.60. The minimum absolute atomic E-state index is 0.0605. The maximum atomic E-state index is 11.9. The fourth-order valence-electron chi connectivity index (χ4n) is 1.51. The maximum absolute atomic E-state index is 11.9. The Bertz CT molecular complexity index is 595. The van der Waals surface area contributed by atoms with Crippen molar-refractivity contribution >= 4 is 11.7 Å². The van der Waals surface area contributed by atoms with Crippen LogP contribution in [0.5, 0.6) is 0 Å². The van der Waals surface area contributed by atoms with Crippen LogP contribution in [-0.4, -0.2) is 25.9 Å². The van der Waals surface area contributed by atoms with Crippen molar-refractivity contribution in [2.24, 2.45) is 5.41 Å². The Balaban J connectivity index is 2.12. The van der Waals surface area contributed by atoms with Gasteiger partial charge in [0.05, 0.1) is 6.20 Å². The number of hydrogen-bond donors (Lipinski definition) is 1. The number of anilines is 1. The van der Waals surface area contributed by atoms with Crippen LogP contribution in [0, 0.1) is 5.41 Å². The molecule has 0 unspecified atom stereocenters. The molecule has 20 heavy (non-hydrogen) atoms. The Labute approximate surface area is 118 Å². The molecule has 0 aliphatic carbocycles. The summed E-state index contributed by atoms with van der Waals surface area (Å²) in [7, 11) is 0. The van der Waals surface area contributed by atoms with Gasteiger partial charge < -0.3 is 5.32 Å². The summed E-state index contributed by atoms with van der Waals surface area (Å²) in [5.41, 5.74) is 1.20. The third-order valence-corrected chi connectivity index (χ3v) is 2.84. The Morgan fingerprint density at radius 3 is 2.60 bits per heavy atom. The number of nitrogens with one attached hydrogen (secondary N) is 1. The number of pyridine rings is 1. The van der Waals surface area contributed by atoms with Crippen molar-refractivity contribution < 1.29 is 4.79 Å². The fourth-order valence-corrected chi connectivity index (χ4v) is 1.51.